The largest absolute Gasteiger partial charge is 0.354 e. The standard InChI is InChI=1S/C17H22N4O/c1-4-13-7-5-6-8-15(13)21-16(22)14-10-19-17(20-11-14)18-9-12(2)3/h5-8,10-12H,4,9H2,1-3H3,(H,21,22)(H,18,19,20). The van der Waals surface area contributed by atoms with Gasteiger partial charge >= 0.3 is 0 Å². The second-order valence-corrected chi connectivity index (χ2v) is 5.53. The summed E-state index contributed by atoms with van der Waals surface area (Å²) in [5, 5.41) is 6.03. The molecule has 1 aromatic heterocycles. The molecule has 2 rings (SSSR count). The molecular weight excluding hydrogens is 276 g/mol. The Hall–Kier alpha value is -2.43. The maximum atomic E-state index is 12.2. The Kier molecular flexibility index (Phi) is 5.47. The van der Waals surface area contributed by atoms with Crippen LogP contribution in [0.3, 0.4) is 0 Å². The van der Waals surface area contributed by atoms with Crippen molar-refractivity contribution >= 4 is 17.5 Å². The Morgan fingerprint density at radius 3 is 2.50 bits per heavy atom. The predicted octanol–water partition coefficient (Wildman–Crippen LogP) is 3.36. The quantitative estimate of drug-likeness (QED) is 0.858. The van der Waals surface area contributed by atoms with E-state index in [0.717, 1.165) is 24.2 Å². The topological polar surface area (TPSA) is 66.9 Å². The van der Waals surface area contributed by atoms with Crippen molar-refractivity contribution in [2.45, 2.75) is 27.2 Å². The van der Waals surface area contributed by atoms with Crippen LogP contribution in [-0.4, -0.2) is 22.4 Å². The van der Waals surface area contributed by atoms with Gasteiger partial charge in [0.15, 0.2) is 0 Å². The molecule has 1 heterocycles. The van der Waals surface area contributed by atoms with E-state index in [-0.39, 0.29) is 5.91 Å². The van der Waals surface area contributed by atoms with Gasteiger partial charge in [0, 0.05) is 24.6 Å². The fraction of sp³-hybridized carbons (Fsp3) is 0.353. The van der Waals surface area contributed by atoms with Crippen molar-refractivity contribution < 1.29 is 4.79 Å². The van der Waals surface area contributed by atoms with Gasteiger partial charge in [0.05, 0.1) is 5.56 Å². The molecule has 0 unspecified atom stereocenters. The summed E-state index contributed by atoms with van der Waals surface area (Å²) in [6.07, 6.45) is 3.95. The van der Waals surface area contributed by atoms with Crippen LogP contribution in [0.2, 0.25) is 0 Å². The molecule has 22 heavy (non-hydrogen) atoms. The summed E-state index contributed by atoms with van der Waals surface area (Å²) in [6.45, 7) is 7.08. The van der Waals surface area contributed by atoms with Crippen LogP contribution in [0.15, 0.2) is 36.7 Å². The van der Waals surface area contributed by atoms with E-state index in [1.165, 1.54) is 0 Å². The van der Waals surface area contributed by atoms with E-state index in [9.17, 15) is 4.79 Å². The van der Waals surface area contributed by atoms with E-state index in [1.54, 1.807) is 12.4 Å². The maximum Gasteiger partial charge on any atom is 0.258 e. The van der Waals surface area contributed by atoms with Gasteiger partial charge in [-0.2, -0.15) is 0 Å². The number of carbonyl (C=O) groups is 1. The molecule has 116 valence electrons. The Morgan fingerprint density at radius 1 is 1.18 bits per heavy atom. The molecule has 0 aliphatic carbocycles. The Balaban J connectivity index is 2.03. The number of benzene rings is 1. The third-order valence-corrected chi connectivity index (χ3v) is 3.23. The van der Waals surface area contributed by atoms with E-state index in [0.29, 0.717) is 17.4 Å². The molecular formula is C17H22N4O. The lowest BCUT2D eigenvalue weighted by atomic mass is 10.1. The van der Waals surface area contributed by atoms with Gasteiger partial charge < -0.3 is 10.6 Å². The minimum Gasteiger partial charge on any atom is -0.354 e. The molecule has 0 spiro atoms. The van der Waals surface area contributed by atoms with Crippen LogP contribution in [0.5, 0.6) is 0 Å². The predicted molar refractivity (Wildman–Crippen MR) is 89.1 cm³/mol. The molecule has 0 saturated heterocycles. The van der Waals surface area contributed by atoms with Crippen LogP contribution in [0.25, 0.3) is 0 Å². The van der Waals surface area contributed by atoms with Gasteiger partial charge in [0.2, 0.25) is 5.95 Å². The third kappa shape index (κ3) is 4.28. The number of nitrogens with zero attached hydrogens (tertiary/aromatic N) is 2. The van der Waals surface area contributed by atoms with E-state index < -0.39 is 0 Å². The molecule has 0 saturated carbocycles. The van der Waals surface area contributed by atoms with E-state index in [4.69, 9.17) is 0 Å². The Morgan fingerprint density at radius 2 is 1.86 bits per heavy atom. The number of anilines is 2. The first kappa shape index (κ1) is 15.9. The average molecular weight is 298 g/mol. The van der Waals surface area contributed by atoms with Crippen molar-refractivity contribution in [2.75, 3.05) is 17.2 Å². The highest BCUT2D eigenvalue weighted by Crippen LogP contribution is 2.16. The fourth-order valence-corrected chi connectivity index (χ4v) is 1.98. The van der Waals surface area contributed by atoms with Crippen molar-refractivity contribution in [3.05, 3.63) is 47.8 Å². The molecule has 0 fully saturated rings. The van der Waals surface area contributed by atoms with Crippen molar-refractivity contribution in [2.24, 2.45) is 5.92 Å². The number of amides is 1. The summed E-state index contributed by atoms with van der Waals surface area (Å²) < 4.78 is 0. The third-order valence-electron chi connectivity index (χ3n) is 3.23. The number of carbonyl (C=O) groups excluding carboxylic acids is 1. The summed E-state index contributed by atoms with van der Waals surface area (Å²) in [4.78, 5) is 20.6. The lowest BCUT2D eigenvalue weighted by Gasteiger charge is -2.10. The van der Waals surface area contributed by atoms with Crippen LogP contribution in [0.4, 0.5) is 11.6 Å². The molecule has 2 aromatic rings. The zero-order valence-corrected chi connectivity index (χ0v) is 13.3. The van der Waals surface area contributed by atoms with Crippen LogP contribution >= 0.6 is 0 Å². The highest BCUT2D eigenvalue weighted by atomic mass is 16.1. The molecule has 1 aromatic carbocycles. The van der Waals surface area contributed by atoms with E-state index in [2.05, 4.69) is 41.4 Å². The molecule has 5 nitrogen and oxygen atoms in total. The first-order valence-electron chi connectivity index (χ1n) is 7.55. The van der Waals surface area contributed by atoms with Gasteiger partial charge in [-0.3, -0.25) is 4.79 Å². The van der Waals surface area contributed by atoms with Gasteiger partial charge in [-0.1, -0.05) is 39.0 Å². The van der Waals surface area contributed by atoms with Gasteiger partial charge in [-0.25, -0.2) is 9.97 Å². The van der Waals surface area contributed by atoms with Crippen LogP contribution in [0.1, 0.15) is 36.7 Å². The van der Waals surface area contributed by atoms with Crippen LogP contribution < -0.4 is 10.6 Å². The summed E-state index contributed by atoms with van der Waals surface area (Å²) in [7, 11) is 0. The van der Waals surface area contributed by atoms with Gasteiger partial charge in [-0.15, -0.1) is 0 Å². The summed E-state index contributed by atoms with van der Waals surface area (Å²) >= 11 is 0. The number of aromatic nitrogens is 2. The van der Waals surface area contributed by atoms with Gasteiger partial charge in [0.1, 0.15) is 0 Å². The number of hydrogen-bond donors (Lipinski definition) is 2. The van der Waals surface area contributed by atoms with E-state index >= 15 is 0 Å². The first-order chi connectivity index (χ1) is 10.6. The second-order valence-electron chi connectivity index (χ2n) is 5.53. The number of rotatable bonds is 6. The zero-order chi connectivity index (χ0) is 15.9. The average Bonchev–Trinajstić information content (AvgIpc) is 2.54. The fourth-order valence-electron chi connectivity index (χ4n) is 1.98. The molecule has 5 heteroatoms. The summed E-state index contributed by atoms with van der Waals surface area (Å²) in [6, 6.07) is 7.78. The minimum atomic E-state index is -0.198. The normalized spacial score (nSPS) is 10.5. The minimum absolute atomic E-state index is 0.198. The highest BCUT2D eigenvalue weighted by molar-refractivity contribution is 6.04. The first-order valence-corrected chi connectivity index (χ1v) is 7.55. The second kappa shape index (κ2) is 7.54. The molecule has 0 aliphatic rings. The molecule has 1 amide bonds. The summed E-state index contributed by atoms with van der Waals surface area (Å²) in [5.41, 5.74) is 2.38. The van der Waals surface area contributed by atoms with Crippen LogP contribution in [-0.2, 0) is 6.42 Å². The van der Waals surface area contributed by atoms with Crippen molar-refractivity contribution in [3.63, 3.8) is 0 Å². The Labute approximate surface area is 131 Å². The van der Waals surface area contributed by atoms with Crippen LogP contribution in [0, 0.1) is 5.92 Å². The SMILES string of the molecule is CCc1ccccc1NC(=O)c1cnc(NCC(C)C)nc1. The lowest BCUT2D eigenvalue weighted by Crippen LogP contribution is -2.15. The lowest BCUT2D eigenvalue weighted by molar-refractivity contribution is 0.102. The number of hydrogen-bond acceptors (Lipinski definition) is 4. The van der Waals surface area contributed by atoms with E-state index in [1.807, 2.05) is 24.3 Å². The van der Waals surface area contributed by atoms with Gasteiger partial charge in [0.25, 0.3) is 5.91 Å². The van der Waals surface area contributed by atoms with Crippen molar-refractivity contribution in [1.29, 1.82) is 0 Å². The molecule has 0 atom stereocenters. The number of nitrogens with one attached hydrogen (secondary N) is 2. The zero-order valence-electron chi connectivity index (χ0n) is 13.3. The number of aryl methyl sites for hydroxylation is 1. The number of para-hydroxylation sites is 1. The molecule has 0 radical (unpaired) electrons. The molecule has 0 bridgehead atoms. The Bertz CT molecular complexity index is 623. The van der Waals surface area contributed by atoms with Crippen molar-refractivity contribution in [3.8, 4) is 0 Å². The molecule has 2 N–H and O–H groups in total. The summed E-state index contributed by atoms with van der Waals surface area (Å²) in [5.74, 6) is 0.854. The van der Waals surface area contributed by atoms with Gasteiger partial charge in [-0.05, 0) is 24.0 Å². The monoisotopic (exact) mass is 298 g/mol. The maximum absolute atomic E-state index is 12.2. The molecule has 0 aliphatic heterocycles. The van der Waals surface area contributed by atoms with Crippen molar-refractivity contribution in [1.82, 2.24) is 9.97 Å². The smallest absolute Gasteiger partial charge is 0.258 e. The highest BCUT2D eigenvalue weighted by Gasteiger charge is 2.09.